The Bertz CT molecular complexity index is 631. The highest BCUT2D eigenvalue weighted by Gasteiger charge is 2.23. The lowest BCUT2D eigenvalue weighted by molar-refractivity contribution is -0.384. The Morgan fingerprint density at radius 2 is 1.87 bits per heavy atom. The van der Waals surface area contributed by atoms with Gasteiger partial charge in [0, 0.05) is 17.7 Å². The van der Waals surface area contributed by atoms with E-state index in [1.165, 1.54) is 18.2 Å². The van der Waals surface area contributed by atoms with Crippen molar-refractivity contribution in [1.29, 1.82) is 0 Å². The van der Waals surface area contributed by atoms with Crippen molar-refractivity contribution in [2.24, 2.45) is 11.7 Å². The average Bonchev–Trinajstić information content (AvgIpc) is 2.49. The Kier molecular flexibility index (Phi) is 6.01. The van der Waals surface area contributed by atoms with Gasteiger partial charge in [0.25, 0.3) is 17.5 Å². The highest BCUT2D eigenvalue weighted by atomic mass is 16.6. The van der Waals surface area contributed by atoms with Gasteiger partial charge in [0.05, 0.1) is 4.92 Å². The molecule has 0 aliphatic carbocycles. The third kappa shape index (κ3) is 5.26. The molecule has 0 saturated heterocycles. The van der Waals surface area contributed by atoms with Crippen molar-refractivity contribution in [1.82, 2.24) is 16.2 Å². The summed E-state index contributed by atoms with van der Waals surface area (Å²) < 4.78 is 0. The van der Waals surface area contributed by atoms with Gasteiger partial charge in [0.2, 0.25) is 0 Å². The van der Waals surface area contributed by atoms with Crippen LogP contribution in [0.5, 0.6) is 0 Å². The van der Waals surface area contributed by atoms with Crippen molar-refractivity contribution in [3.63, 3.8) is 0 Å². The van der Waals surface area contributed by atoms with E-state index in [1.54, 1.807) is 13.8 Å². The monoisotopic (exact) mass is 323 g/mol. The molecule has 4 amide bonds. The quantitative estimate of drug-likeness (QED) is 0.445. The maximum atomic E-state index is 11.9. The van der Waals surface area contributed by atoms with Crippen LogP contribution in [0.1, 0.15) is 24.2 Å². The van der Waals surface area contributed by atoms with Gasteiger partial charge in [-0.05, 0) is 12.0 Å². The van der Waals surface area contributed by atoms with E-state index in [-0.39, 0.29) is 17.2 Å². The van der Waals surface area contributed by atoms with Gasteiger partial charge >= 0.3 is 6.03 Å². The molecular weight excluding hydrogens is 306 g/mol. The molecule has 1 aromatic rings. The Hall–Kier alpha value is -3.17. The fraction of sp³-hybridized carbons (Fsp3) is 0.308. The first kappa shape index (κ1) is 17.9. The number of nitrogens with zero attached hydrogens (tertiary/aromatic N) is 1. The number of nitro groups is 1. The summed E-state index contributed by atoms with van der Waals surface area (Å²) in [4.78, 5) is 44.7. The maximum absolute atomic E-state index is 11.9. The molecule has 0 aliphatic heterocycles. The van der Waals surface area contributed by atoms with Crippen molar-refractivity contribution in [2.45, 2.75) is 19.9 Å². The van der Waals surface area contributed by atoms with Gasteiger partial charge < -0.3 is 11.1 Å². The Labute approximate surface area is 131 Å². The number of non-ortho nitro benzene ring substituents is 1. The highest BCUT2D eigenvalue weighted by molar-refractivity contribution is 5.96. The first-order valence-corrected chi connectivity index (χ1v) is 6.63. The number of benzene rings is 1. The predicted molar refractivity (Wildman–Crippen MR) is 80.1 cm³/mol. The highest BCUT2D eigenvalue weighted by Crippen LogP contribution is 2.12. The van der Waals surface area contributed by atoms with Gasteiger partial charge in [-0.3, -0.25) is 30.6 Å². The van der Waals surface area contributed by atoms with E-state index in [0.717, 1.165) is 6.07 Å². The summed E-state index contributed by atoms with van der Waals surface area (Å²) in [6.07, 6.45) is 0. The second-order valence-corrected chi connectivity index (χ2v) is 4.98. The molecule has 0 bridgehead atoms. The minimum atomic E-state index is -0.932. The van der Waals surface area contributed by atoms with Gasteiger partial charge in [-0.15, -0.1) is 0 Å². The molecule has 1 atom stereocenters. The predicted octanol–water partition coefficient (Wildman–Crippen LogP) is 0.0487. The minimum Gasteiger partial charge on any atom is -0.352 e. The third-order valence-corrected chi connectivity index (χ3v) is 2.87. The first-order valence-electron chi connectivity index (χ1n) is 6.63. The molecule has 1 rings (SSSR count). The van der Waals surface area contributed by atoms with Crippen molar-refractivity contribution < 1.29 is 19.3 Å². The smallest absolute Gasteiger partial charge is 0.312 e. The number of nitrogens with one attached hydrogen (secondary N) is 3. The molecule has 0 aromatic heterocycles. The summed E-state index contributed by atoms with van der Waals surface area (Å²) in [6, 6.07) is 3.21. The number of nitrogens with two attached hydrogens (primary N) is 1. The fourth-order valence-corrected chi connectivity index (χ4v) is 1.72. The maximum Gasteiger partial charge on any atom is 0.312 e. The number of amides is 4. The van der Waals surface area contributed by atoms with Crippen molar-refractivity contribution in [2.75, 3.05) is 0 Å². The molecular formula is C13H17N5O5. The first-order chi connectivity index (χ1) is 10.7. The molecule has 0 fully saturated rings. The van der Waals surface area contributed by atoms with E-state index in [2.05, 4.69) is 16.2 Å². The van der Waals surface area contributed by atoms with E-state index in [4.69, 9.17) is 5.73 Å². The molecule has 0 aliphatic rings. The molecule has 1 aromatic carbocycles. The number of urea groups is 1. The summed E-state index contributed by atoms with van der Waals surface area (Å²) in [5.41, 5.74) is 8.99. The van der Waals surface area contributed by atoms with Gasteiger partial charge in [-0.2, -0.15) is 0 Å². The zero-order valence-electron chi connectivity index (χ0n) is 12.5. The number of hydrazine groups is 1. The minimum absolute atomic E-state index is 0.00320. The van der Waals surface area contributed by atoms with Crippen LogP contribution in [0.25, 0.3) is 0 Å². The molecule has 1 unspecified atom stereocenters. The topological polar surface area (TPSA) is 156 Å². The van der Waals surface area contributed by atoms with Crippen molar-refractivity contribution in [3.05, 3.63) is 39.9 Å². The summed E-state index contributed by atoms with van der Waals surface area (Å²) in [5.74, 6) is -1.67. The summed E-state index contributed by atoms with van der Waals surface area (Å²) in [7, 11) is 0. The lowest BCUT2D eigenvalue weighted by atomic mass is 10.0. The van der Waals surface area contributed by atoms with Crippen LogP contribution in [-0.2, 0) is 4.79 Å². The second kappa shape index (κ2) is 7.73. The van der Waals surface area contributed by atoms with E-state index in [0.29, 0.717) is 0 Å². The molecule has 124 valence electrons. The summed E-state index contributed by atoms with van der Waals surface area (Å²) >= 11 is 0. The van der Waals surface area contributed by atoms with Crippen LogP contribution in [0.4, 0.5) is 10.5 Å². The molecule has 0 saturated carbocycles. The number of hydrogen-bond donors (Lipinski definition) is 4. The van der Waals surface area contributed by atoms with Gasteiger partial charge in [-0.25, -0.2) is 4.79 Å². The summed E-state index contributed by atoms with van der Waals surface area (Å²) in [5, 5.41) is 12.9. The zero-order chi connectivity index (χ0) is 17.6. The molecule has 23 heavy (non-hydrogen) atoms. The van der Waals surface area contributed by atoms with Crippen molar-refractivity contribution >= 4 is 23.5 Å². The standard InChI is InChI=1S/C13H17N5O5/c1-7(2)10(15-13(14)21)12(20)17-16-11(19)8-4-3-5-9(6-8)18(22)23/h3-7,10H,1-2H3,(H,16,19)(H,17,20)(H3,14,15,21). The number of primary amides is 1. The van der Waals surface area contributed by atoms with Gasteiger partial charge in [-0.1, -0.05) is 19.9 Å². The Morgan fingerprint density at radius 1 is 1.22 bits per heavy atom. The van der Waals surface area contributed by atoms with Crippen LogP contribution in [0.15, 0.2) is 24.3 Å². The molecule has 10 nitrogen and oxygen atoms in total. The van der Waals surface area contributed by atoms with Crippen LogP contribution in [0.3, 0.4) is 0 Å². The van der Waals surface area contributed by atoms with Crippen LogP contribution in [0.2, 0.25) is 0 Å². The largest absolute Gasteiger partial charge is 0.352 e. The van der Waals surface area contributed by atoms with E-state index in [1.807, 2.05) is 0 Å². The lowest BCUT2D eigenvalue weighted by Crippen LogP contribution is -2.55. The number of hydrogen-bond acceptors (Lipinski definition) is 5. The van der Waals surface area contributed by atoms with E-state index >= 15 is 0 Å². The number of carbonyl (C=O) groups excluding carboxylic acids is 3. The van der Waals surface area contributed by atoms with Crippen LogP contribution < -0.4 is 21.9 Å². The molecule has 5 N–H and O–H groups in total. The molecule has 10 heteroatoms. The van der Waals surface area contributed by atoms with Crippen LogP contribution in [0, 0.1) is 16.0 Å². The van der Waals surface area contributed by atoms with Gasteiger partial charge in [0.1, 0.15) is 6.04 Å². The number of carbonyl (C=O) groups is 3. The summed E-state index contributed by atoms with van der Waals surface area (Å²) in [6.45, 7) is 3.37. The van der Waals surface area contributed by atoms with Gasteiger partial charge in [0.15, 0.2) is 0 Å². The third-order valence-electron chi connectivity index (χ3n) is 2.87. The Morgan fingerprint density at radius 3 is 2.39 bits per heavy atom. The second-order valence-electron chi connectivity index (χ2n) is 4.98. The SMILES string of the molecule is CC(C)C(NC(N)=O)C(=O)NNC(=O)c1cccc([N+](=O)[O-])c1. The fourth-order valence-electron chi connectivity index (χ4n) is 1.72. The molecule has 0 spiro atoms. The lowest BCUT2D eigenvalue weighted by Gasteiger charge is -2.20. The zero-order valence-corrected chi connectivity index (χ0v) is 12.5. The van der Waals surface area contributed by atoms with E-state index < -0.39 is 28.8 Å². The molecule has 0 radical (unpaired) electrons. The Balaban J connectivity index is 2.71. The van der Waals surface area contributed by atoms with E-state index in [9.17, 15) is 24.5 Å². The number of nitro benzene ring substituents is 1. The molecule has 0 heterocycles. The van der Waals surface area contributed by atoms with Crippen LogP contribution in [-0.4, -0.2) is 28.8 Å². The number of rotatable bonds is 5. The average molecular weight is 323 g/mol. The van der Waals surface area contributed by atoms with Crippen molar-refractivity contribution in [3.8, 4) is 0 Å². The normalized spacial score (nSPS) is 11.4. The van der Waals surface area contributed by atoms with Crippen LogP contribution >= 0.6 is 0 Å².